The molecular weight excluding hydrogens is 330 g/mol. The van der Waals surface area contributed by atoms with Gasteiger partial charge < -0.3 is 0 Å². The Balaban J connectivity index is 2.24. The van der Waals surface area contributed by atoms with E-state index in [4.69, 9.17) is 23.2 Å². The molecule has 0 spiro atoms. The zero-order valence-electron chi connectivity index (χ0n) is 10.1. The van der Waals surface area contributed by atoms with Crippen LogP contribution in [-0.2, 0) is 6.18 Å². The summed E-state index contributed by atoms with van der Waals surface area (Å²) in [5.74, 6) is -1.21. The van der Waals surface area contributed by atoms with Gasteiger partial charge in [-0.25, -0.2) is 9.97 Å². The predicted octanol–water partition coefficient (Wildman–Crippen LogP) is 4.05. The van der Waals surface area contributed by atoms with Gasteiger partial charge in [0, 0.05) is 11.2 Å². The van der Waals surface area contributed by atoms with Crippen LogP contribution in [-0.4, -0.2) is 15.9 Å². The topological polar surface area (TPSA) is 54.9 Å². The molecular formula is C12H6Cl2F3N3O. The summed E-state index contributed by atoms with van der Waals surface area (Å²) in [6, 6.07) is 4.80. The minimum atomic E-state index is -4.62. The van der Waals surface area contributed by atoms with Gasteiger partial charge in [0.1, 0.15) is 5.69 Å². The first-order valence-electron chi connectivity index (χ1n) is 5.44. The van der Waals surface area contributed by atoms with Crippen molar-refractivity contribution in [1.29, 1.82) is 0 Å². The third-order valence-electron chi connectivity index (χ3n) is 2.35. The van der Waals surface area contributed by atoms with Crippen LogP contribution < -0.4 is 5.32 Å². The fraction of sp³-hybridized carbons (Fsp3) is 0.0833. The van der Waals surface area contributed by atoms with Crippen molar-refractivity contribution in [3.8, 4) is 0 Å². The molecule has 2 rings (SSSR count). The zero-order valence-corrected chi connectivity index (χ0v) is 11.6. The molecule has 0 aliphatic carbocycles. The van der Waals surface area contributed by atoms with E-state index in [1.54, 1.807) is 0 Å². The number of anilines is 1. The molecule has 2 aromatic rings. The summed E-state index contributed by atoms with van der Waals surface area (Å²) >= 11 is 11.5. The van der Waals surface area contributed by atoms with E-state index in [2.05, 4.69) is 15.3 Å². The summed E-state index contributed by atoms with van der Waals surface area (Å²) in [7, 11) is 0. The van der Waals surface area contributed by atoms with E-state index in [0.29, 0.717) is 11.1 Å². The predicted molar refractivity (Wildman–Crippen MR) is 71.4 cm³/mol. The smallest absolute Gasteiger partial charge is 0.290 e. The highest BCUT2D eigenvalue weighted by Gasteiger charge is 2.33. The first-order valence-corrected chi connectivity index (χ1v) is 6.19. The second kappa shape index (κ2) is 5.87. The van der Waals surface area contributed by atoms with Gasteiger partial charge >= 0.3 is 6.18 Å². The van der Waals surface area contributed by atoms with Crippen molar-refractivity contribution in [2.45, 2.75) is 6.18 Å². The lowest BCUT2D eigenvalue weighted by Crippen LogP contribution is -2.17. The summed E-state index contributed by atoms with van der Waals surface area (Å²) in [4.78, 5) is 18.7. The van der Waals surface area contributed by atoms with Crippen molar-refractivity contribution in [2.24, 2.45) is 0 Å². The average Bonchev–Trinajstić information content (AvgIpc) is 2.37. The fourth-order valence-corrected chi connectivity index (χ4v) is 1.91. The van der Waals surface area contributed by atoms with Gasteiger partial charge in [0.05, 0.1) is 10.6 Å². The van der Waals surface area contributed by atoms with E-state index in [1.165, 1.54) is 18.2 Å². The molecule has 0 saturated heterocycles. The number of nitrogens with one attached hydrogen (secondary N) is 1. The van der Waals surface area contributed by atoms with Crippen LogP contribution in [0.3, 0.4) is 0 Å². The zero-order chi connectivity index (χ0) is 15.6. The maximum Gasteiger partial charge on any atom is 0.433 e. The van der Waals surface area contributed by atoms with E-state index in [-0.39, 0.29) is 10.6 Å². The van der Waals surface area contributed by atoms with Crippen molar-refractivity contribution in [1.82, 2.24) is 9.97 Å². The van der Waals surface area contributed by atoms with Crippen LogP contribution >= 0.6 is 23.2 Å². The standard InChI is InChI=1S/C12H6Cl2F3N3O/c13-6-1-2-7(8(14)5-6)10(21)20-11-18-4-3-9(19-11)12(15,16)17/h1-5H,(H,18,19,20,21). The number of carbonyl (C=O) groups is 1. The Morgan fingerprint density at radius 2 is 1.90 bits per heavy atom. The summed E-state index contributed by atoms with van der Waals surface area (Å²) in [5, 5.41) is 2.53. The number of benzene rings is 1. The van der Waals surface area contributed by atoms with Crippen LogP contribution in [0.15, 0.2) is 30.5 Å². The van der Waals surface area contributed by atoms with Crippen LogP contribution in [0.4, 0.5) is 19.1 Å². The second-order valence-electron chi connectivity index (χ2n) is 3.84. The van der Waals surface area contributed by atoms with Crippen LogP contribution in [0.2, 0.25) is 10.0 Å². The summed E-state index contributed by atoms with van der Waals surface area (Å²) in [6.07, 6.45) is -3.73. The van der Waals surface area contributed by atoms with Gasteiger partial charge in [-0.1, -0.05) is 23.2 Å². The quantitative estimate of drug-likeness (QED) is 0.900. The van der Waals surface area contributed by atoms with E-state index in [0.717, 1.165) is 6.20 Å². The Labute approximate surface area is 126 Å². The number of aromatic nitrogens is 2. The number of hydrogen-bond acceptors (Lipinski definition) is 3. The molecule has 1 amide bonds. The SMILES string of the molecule is O=C(Nc1nccc(C(F)(F)F)n1)c1ccc(Cl)cc1Cl. The molecule has 0 atom stereocenters. The Hall–Kier alpha value is -1.86. The lowest BCUT2D eigenvalue weighted by Gasteiger charge is -2.08. The largest absolute Gasteiger partial charge is 0.433 e. The third-order valence-corrected chi connectivity index (χ3v) is 2.89. The fourth-order valence-electron chi connectivity index (χ4n) is 1.42. The van der Waals surface area contributed by atoms with Crippen molar-refractivity contribution in [3.05, 3.63) is 51.8 Å². The average molecular weight is 336 g/mol. The van der Waals surface area contributed by atoms with Gasteiger partial charge in [0.15, 0.2) is 0 Å². The van der Waals surface area contributed by atoms with Gasteiger partial charge in [-0.15, -0.1) is 0 Å². The molecule has 0 radical (unpaired) electrons. The molecule has 110 valence electrons. The highest BCUT2D eigenvalue weighted by molar-refractivity contribution is 6.37. The molecule has 0 bridgehead atoms. The normalized spacial score (nSPS) is 11.3. The molecule has 0 aliphatic rings. The van der Waals surface area contributed by atoms with E-state index >= 15 is 0 Å². The molecule has 1 aromatic carbocycles. The maximum absolute atomic E-state index is 12.5. The Morgan fingerprint density at radius 3 is 2.52 bits per heavy atom. The molecule has 4 nitrogen and oxygen atoms in total. The van der Waals surface area contributed by atoms with E-state index in [9.17, 15) is 18.0 Å². The van der Waals surface area contributed by atoms with Crippen molar-refractivity contribution >= 4 is 35.1 Å². The van der Waals surface area contributed by atoms with E-state index < -0.39 is 23.7 Å². The Kier molecular flexibility index (Phi) is 4.34. The first-order chi connectivity index (χ1) is 9.77. The van der Waals surface area contributed by atoms with Crippen LogP contribution in [0, 0.1) is 0 Å². The van der Waals surface area contributed by atoms with Crippen LogP contribution in [0.1, 0.15) is 16.1 Å². The molecule has 0 unspecified atom stereocenters. The number of carbonyl (C=O) groups excluding carboxylic acids is 1. The maximum atomic E-state index is 12.5. The summed E-state index contributed by atoms with van der Waals surface area (Å²) < 4.78 is 37.5. The lowest BCUT2D eigenvalue weighted by molar-refractivity contribution is -0.141. The molecule has 0 saturated carbocycles. The van der Waals surface area contributed by atoms with Gasteiger partial charge in [0.25, 0.3) is 5.91 Å². The molecule has 0 fully saturated rings. The molecule has 9 heteroatoms. The molecule has 1 N–H and O–H groups in total. The highest BCUT2D eigenvalue weighted by Crippen LogP contribution is 2.27. The Bertz CT molecular complexity index is 692. The van der Waals surface area contributed by atoms with Gasteiger partial charge in [-0.3, -0.25) is 10.1 Å². The van der Waals surface area contributed by atoms with Crippen molar-refractivity contribution in [3.63, 3.8) is 0 Å². The molecule has 21 heavy (non-hydrogen) atoms. The first kappa shape index (κ1) is 15.5. The molecule has 1 heterocycles. The number of amides is 1. The molecule has 0 aliphatic heterocycles. The van der Waals surface area contributed by atoms with E-state index in [1.807, 2.05) is 0 Å². The van der Waals surface area contributed by atoms with Gasteiger partial charge in [-0.2, -0.15) is 13.2 Å². The van der Waals surface area contributed by atoms with Crippen LogP contribution in [0.25, 0.3) is 0 Å². The minimum Gasteiger partial charge on any atom is -0.290 e. The monoisotopic (exact) mass is 335 g/mol. The van der Waals surface area contributed by atoms with Crippen LogP contribution in [0.5, 0.6) is 0 Å². The minimum absolute atomic E-state index is 0.0436. The van der Waals surface area contributed by atoms with Crippen molar-refractivity contribution < 1.29 is 18.0 Å². The van der Waals surface area contributed by atoms with Crippen molar-refractivity contribution in [2.75, 3.05) is 5.32 Å². The van der Waals surface area contributed by atoms with Gasteiger partial charge in [-0.05, 0) is 24.3 Å². The number of hydrogen-bond donors (Lipinski definition) is 1. The highest BCUT2D eigenvalue weighted by atomic mass is 35.5. The number of alkyl halides is 3. The molecule has 1 aromatic heterocycles. The number of rotatable bonds is 2. The third kappa shape index (κ3) is 3.83. The number of nitrogens with zero attached hydrogens (tertiary/aromatic N) is 2. The summed E-state index contributed by atoms with van der Waals surface area (Å²) in [6.45, 7) is 0. The second-order valence-corrected chi connectivity index (χ2v) is 4.69. The summed E-state index contributed by atoms with van der Waals surface area (Å²) in [5.41, 5.74) is -1.11. The lowest BCUT2D eigenvalue weighted by atomic mass is 10.2. The van der Waals surface area contributed by atoms with Gasteiger partial charge in [0.2, 0.25) is 5.95 Å². The number of halogens is 5. The Morgan fingerprint density at radius 1 is 1.19 bits per heavy atom.